The largest absolute Gasteiger partial charge is 0.419 e. The summed E-state index contributed by atoms with van der Waals surface area (Å²) in [4.78, 5) is 4.79. The van der Waals surface area contributed by atoms with Crippen LogP contribution < -0.4 is 0 Å². The quantitative estimate of drug-likeness (QED) is 0.648. The van der Waals surface area contributed by atoms with Gasteiger partial charge in [0, 0.05) is 30.1 Å². The van der Waals surface area contributed by atoms with E-state index >= 15 is 0 Å². The number of nitrogens with zero attached hydrogens (tertiary/aromatic N) is 4. The van der Waals surface area contributed by atoms with Gasteiger partial charge in [0.25, 0.3) is 0 Å². The Balaban J connectivity index is 1.55. The molecule has 0 aliphatic carbocycles. The zero-order chi connectivity index (χ0) is 17.9. The fraction of sp³-hybridized carbons (Fsp3) is 0.300. The van der Waals surface area contributed by atoms with Gasteiger partial charge in [-0.05, 0) is 40.7 Å². The molecule has 2 heterocycles. The van der Waals surface area contributed by atoms with Crippen molar-refractivity contribution in [2.75, 3.05) is 26.7 Å². The van der Waals surface area contributed by atoms with Crippen molar-refractivity contribution in [2.45, 2.75) is 12.6 Å². The van der Waals surface area contributed by atoms with Crippen molar-refractivity contribution in [2.24, 2.45) is 0 Å². The molecular formula is C20H21BrN4O. The van der Waals surface area contributed by atoms with Crippen LogP contribution in [0.4, 0.5) is 0 Å². The Labute approximate surface area is 161 Å². The van der Waals surface area contributed by atoms with Crippen LogP contribution >= 0.6 is 15.9 Å². The summed E-state index contributed by atoms with van der Waals surface area (Å²) in [5.74, 6) is 1.21. The first-order valence-corrected chi connectivity index (χ1v) is 9.55. The van der Waals surface area contributed by atoms with Gasteiger partial charge in [-0.25, -0.2) is 0 Å². The number of likely N-dealkylation sites (N-methyl/N-ethyl adjacent to an activating group) is 1. The van der Waals surface area contributed by atoms with Gasteiger partial charge >= 0.3 is 0 Å². The summed E-state index contributed by atoms with van der Waals surface area (Å²) in [6.07, 6.45) is 0. The monoisotopic (exact) mass is 412 g/mol. The average Bonchev–Trinajstić information content (AvgIpc) is 3.12. The lowest BCUT2D eigenvalue weighted by atomic mass is 10.0. The molecule has 3 aromatic rings. The first kappa shape index (κ1) is 17.4. The maximum Gasteiger partial charge on any atom is 0.248 e. The van der Waals surface area contributed by atoms with Crippen LogP contribution in [0.25, 0.3) is 11.5 Å². The Morgan fingerprint density at radius 2 is 1.81 bits per heavy atom. The summed E-state index contributed by atoms with van der Waals surface area (Å²) < 4.78 is 6.91. The number of piperazine rings is 1. The number of hydrogen-bond donors (Lipinski definition) is 0. The molecule has 0 radical (unpaired) electrons. The van der Waals surface area contributed by atoms with Crippen LogP contribution in [0.15, 0.2) is 63.5 Å². The molecule has 26 heavy (non-hydrogen) atoms. The van der Waals surface area contributed by atoms with Gasteiger partial charge in [-0.3, -0.25) is 4.90 Å². The van der Waals surface area contributed by atoms with E-state index in [1.165, 1.54) is 5.56 Å². The molecule has 0 bridgehead atoms. The Morgan fingerprint density at radius 3 is 2.62 bits per heavy atom. The van der Waals surface area contributed by atoms with Gasteiger partial charge in [-0.2, -0.15) is 0 Å². The van der Waals surface area contributed by atoms with Crippen LogP contribution in [0.1, 0.15) is 17.5 Å². The lowest BCUT2D eigenvalue weighted by Crippen LogP contribution is -2.46. The van der Waals surface area contributed by atoms with E-state index in [2.05, 4.69) is 73.3 Å². The molecular weight excluding hydrogens is 392 g/mol. The lowest BCUT2D eigenvalue weighted by Gasteiger charge is -2.39. The molecule has 0 spiro atoms. The van der Waals surface area contributed by atoms with E-state index in [0.29, 0.717) is 24.4 Å². The van der Waals surface area contributed by atoms with Gasteiger partial charge in [0.2, 0.25) is 11.8 Å². The SMILES string of the molecule is CN1CCN(Cc2nnc(-c3ccccc3Br)o2)C(c2ccccc2)C1. The maximum atomic E-state index is 5.96. The van der Waals surface area contributed by atoms with E-state index in [1.54, 1.807) is 0 Å². The minimum absolute atomic E-state index is 0.328. The van der Waals surface area contributed by atoms with Crippen LogP contribution in [-0.2, 0) is 6.54 Å². The molecule has 4 rings (SSSR count). The van der Waals surface area contributed by atoms with E-state index in [-0.39, 0.29) is 0 Å². The van der Waals surface area contributed by atoms with E-state index in [0.717, 1.165) is 29.7 Å². The summed E-state index contributed by atoms with van der Waals surface area (Å²) in [5.41, 5.74) is 2.24. The molecule has 1 fully saturated rings. The first-order chi connectivity index (χ1) is 12.7. The highest BCUT2D eigenvalue weighted by atomic mass is 79.9. The van der Waals surface area contributed by atoms with Crippen LogP contribution in [0.5, 0.6) is 0 Å². The molecule has 134 valence electrons. The first-order valence-electron chi connectivity index (χ1n) is 8.75. The molecule has 0 saturated carbocycles. The van der Waals surface area contributed by atoms with E-state index in [1.807, 2.05) is 24.3 Å². The van der Waals surface area contributed by atoms with Crippen LogP contribution in [0.3, 0.4) is 0 Å². The summed E-state index contributed by atoms with van der Waals surface area (Å²) in [6.45, 7) is 3.66. The van der Waals surface area contributed by atoms with Crippen molar-refractivity contribution in [1.82, 2.24) is 20.0 Å². The third kappa shape index (κ3) is 3.72. The fourth-order valence-electron chi connectivity index (χ4n) is 3.37. The van der Waals surface area contributed by atoms with Crippen molar-refractivity contribution in [3.63, 3.8) is 0 Å². The zero-order valence-electron chi connectivity index (χ0n) is 14.7. The molecule has 0 amide bonds. The van der Waals surface area contributed by atoms with Crippen LogP contribution in [0.2, 0.25) is 0 Å². The third-order valence-corrected chi connectivity index (χ3v) is 5.48. The second kappa shape index (κ2) is 7.70. The molecule has 5 nitrogen and oxygen atoms in total. The normalized spacial score (nSPS) is 18.9. The van der Waals surface area contributed by atoms with Crippen molar-refractivity contribution >= 4 is 15.9 Å². The van der Waals surface area contributed by atoms with E-state index < -0.39 is 0 Å². The minimum Gasteiger partial charge on any atom is -0.419 e. The van der Waals surface area contributed by atoms with Gasteiger partial charge in [-0.1, -0.05) is 42.5 Å². The summed E-state index contributed by atoms with van der Waals surface area (Å²) >= 11 is 3.54. The van der Waals surface area contributed by atoms with E-state index in [4.69, 9.17) is 4.42 Å². The highest BCUT2D eigenvalue weighted by Crippen LogP contribution is 2.29. The Hall–Kier alpha value is -2.02. The second-order valence-corrected chi connectivity index (χ2v) is 7.49. The predicted octanol–water partition coefficient (Wildman–Crippen LogP) is 3.99. The topological polar surface area (TPSA) is 45.4 Å². The number of rotatable bonds is 4. The molecule has 2 aromatic carbocycles. The Kier molecular flexibility index (Phi) is 5.15. The van der Waals surface area contributed by atoms with Gasteiger partial charge < -0.3 is 9.32 Å². The van der Waals surface area contributed by atoms with Crippen molar-refractivity contribution in [3.8, 4) is 11.5 Å². The van der Waals surface area contributed by atoms with Crippen LogP contribution in [-0.4, -0.2) is 46.7 Å². The Bertz CT molecular complexity index is 867. The molecule has 1 saturated heterocycles. The maximum absolute atomic E-state index is 5.96. The highest BCUT2D eigenvalue weighted by Gasteiger charge is 2.28. The standard InChI is InChI=1S/C20H21BrN4O/c1-24-11-12-25(18(13-24)15-7-3-2-4-8-15)14-19-22-23-20(26-19)16-9-5-6-10-17(16)21/h2-10,18H,11-14H2,1H3. The van der Waals surface area contributed by atoms with Gasteiger partial charge in [0.1, 0.15) is 0 Å². The van der Waals surface area contributed by atoms with Gasteiger partial charge in [0.05, 0.1) is 12.1 Å². The molecule has 1 unspecified atom stereocenters. The number of aromatic nitrogens is 2. The summed E-state index contributed by atoms with van der Waals surface area (Å²) in [5, 5.41) is 8.52. The number of halogens is 1. The summed E-state index contributed by atoms with van der Waals surface area (Å²) in [6, 6.07) is 18.9. The highest BCUT2D eigenvalue weighted by molar-refractivity contribution is 9.10. The van der Waals surface area contributed by atoms with E-state index in [9.17, 15) is 0 Å². The number of benzene rings is 2. The molecule has 6 heteroatoms. The zero-order valence-corrected chi connectivity index (χ0v) is 16.3. The smallest absolute Gasteiger partial charge is 0.248 e. The second-order valence-electron chi connectivity index (χ2n) is 6.64. The minimum atomic E-state index is 0.328. The third-order valence-electron chi connectivity index (χ3n) is 4.79. The summed E-state index contributed by atoms with van der Waals surface area (Å²) in [7, 11) is 2.17. The van der Waals surface area contributed by atoms with Gasteiger partial charge in [0.15, 0.2) is 0 Å². The lowest BCUT2D eigenvalue weighted by molar-refractivity contribution is 0.0758. The van der Waals surface area contributed by atoms with Gasteiger partial charge in [-0.15, -0.1) is 10.2 Å². The Morgan fingerprint density at radius 1 is 1.04 bits per heavy atom. The molecule has 1 aliphatic rings. The fourth-order valence-corrected chi connectivity index (χ4v) is 3.83. The molecule has 1 atom stereocenters. The van der Waals surface area contributed by atoms with Crippen LogP contribution in [0, 0.1) is 0 Å². The predicted molar refractivity (Wildman–Crippen MR) is 105 cm³/mol. The number of hydrogen-bond acceptors (Lipinski definition) is 5. The van der Waals surface area contributed by atoms with Crippen molar-refractivity contribution < 1.29 is 4.42 Å². The van der Waals surface area contributed by atoms with Crippen molar-refractivity contribution in [1.29, 1.82) is 0 Å². The molecule has 0 N–H and O–H groups in total. The van der Waals surface area contributed by atoms with Crippen molar-refractivity contribution in [3.05, 3.63) is 70.5 Å². The average molecular weight is 413 g/mol. The molecule has 1 aromatic heterocycles. The molecule has 1 aliphatic heterocycles.